The molecule has 5 rings (SSSR count). The van der Waals surface area contributed by atoms with Gasteiger partial charge < -0.3 is 18.9 Å². The minimum absolute atomic E-state index is 0.176. The van der Waals surface area contributed by atoms with Gasteiger partial charge in [-0.2, -0.15) is 10.5 Å². The number of aryl methyl sites for hydroxylation is 1. The second kappa shape index (κ2) is 9.30. The first-order chi connectivity index (χ1) is 16.6. The van der Waals surface area contributed by atoms with Crippen LogP contribution < -0.4 is 24.6 Å². The van der Waals surface area contributed by atoms with E-state index >= 15 is 0 Å². The molecule has 11 nitrogen and oxygen atoms in total. The average molecular weight is 462 g/mol. The highest BCUT2D eigenvalue weighted by molar-refractivity contribution is 5.83. The van der Waals surface area contributed by atoms with Gasteiger partial charge in [0.1, 0.15) is 25.6 Å². The summed E-state index contributed by atoms with van der Waals surface area (Å²) in [7, 11) is 0. The molecule has 2 aromatic heterocycles. The summed E-state index contributed by atoms with van der Waals surface area (Å²) in [5, 5.41) is 6.65. The quantitative estimate of drug-likeness (QED) is 0.324. The van der Waals surface area contributed by atoms with E-state index in [4.69, 9.17) is 24.5 Å². The Morgan fingerprint density at radius 2 is 2.21 bits per heavy atom. The van der Waals surface area contributed by atoms with Gasteiger partial charge in [-0.15, -0.1) is 5.10 Å². The van der Waals surface area contributed by atoms with Crippen LogP contribution in [0.5, 0.6) is 23.3 Å². The van der Waals surface area contributed by atoms with Crippen LogP contribution in [0, 0.1) is 5.53 Å². The van der Waals surface area contributed by atoms with Gasteiger partial charge in [0.2, 0.25) is 5.88 Å². The molecule has 1 aromatic carbocycles. The molecule has 1 unspecified atom stereocenters. The molecule has 2 aliphatic rings. The van der Waals surface area contributed by atoms with E-state index < -0.39 is 0 Å². The fraction of sp³-hybridized carbons (Fsp3) is 0.304. The lowest BCUT2D eigenvalue weighted by molar-refractivity contribution is 0.0486. The summed E-state index contributed by atoms with van der Waals surface area (Å²) in [4.78, 5) is 20.9. The zero-order valence-electron chi connectivity index (χ0n) is 18.4. The van der Waals surface area contributed by atoms with Gasteiger partial charge >= 0.3 is 5.69 Å². The summed E-state index contributed by atoms with van der Waals surface area (Å²) < 4.78 is 24.7. The number of benzene rings is 1. The van der Waals surface area contributed by atoms with Gasteiger partial charge in [-0.1, -0.05) is 5.22 Å². The summed E-state index contributed by atoms with van der Waals surface area (Å²) >= 11 is 0. The van der Waals surface area contributed by atoms with Crippen molar-refractivity contribution in [2.75, 3.05) is 19.8 Å². The highest BCUT2D eigenvalue weighted by Crippen LogP contribution is 2.33. The predicted octanol–water partition coefficient (Wildman–Crippen LogP) is 2.87. The molecule has 0 aliphatic carbocycles. The SMILES string of the molecule is C/C(COc1ccc2c(c1)CCn1c-2cc(OCC2COc3ncccc3O2)nc1=O)=N\N=N. The summed E-state index contributed by atoms with van der Waals surface area (Å²) in [6.07, 6.45) is 1.97. The molecular formula is C23H22N6O5. The van der Waals surface area contributed by atoms with Crippen LogP contribution in [0.1, 0.15) is 12.5 Å². The van der Waals surface area contributed by atoms with E-state index in [1.54, 1.807) is 35.9 Å². The van der Waals surface area contributed by atoms with E-state index in [-0.39, 0.29) is 30.9 Å². The minimum atomic E-state index is -0.361. The van der Waals surface area contributed by atoms with E-state index in [1.165, 1.54) is 0 Å². The fourth-order valence-corrected chi connectivity index (χ4v) is 3.87. The van der Waals surface area contributed by atoms with Gasteiger partial charge in [-0.05, 0) is 49.2 Å². The van der Waals surface area contributed by atoms with E-state index in [9.17, 15) is 4.79 Å². The standard InChI is InChI=1S/C23H22N6O5/c1-14(27-28-24)11-31-16-4-5-18-15(9-16)6-8-29-19(18)10-21(26-23(29)30)32-12-17-13-33-22-20(34-17)3-2-7-25-22/h2-5,7,9-10,17,24H,6,8,11-13H2,1H3/b27-14+,28-24?. The Morgan fingerprint density at radius 1 is 1.29 bits per heavy atom. The third kappa shape index (κ3) is 4.45. The maximum Gasteiger partial charge on any atom is 0.351 e. The number of ether oxygens (including phenoxy) is 4. The molecule has 1 N–H and O–H groups in total. The van der Waals surface area contributed by atoms with Crippen molar-refractivity contribution in [3.8, 4) is 34.5 Å². The Balaban J connectivity index is 1.32. The highest BCUT2D eigenvalue weighted by Gasteiger charge is 2.24. The Labute approximate surface area is 194 Å². The lowest BCUT2D eigenvalue weighted by atomic mass is 9.97. The molecule has 2 aliphatic heterocycles. The van der Waals surface area contributed by atoms with Gasteiger partial charge in [0, 0.05) is 24.4 Å². The number of rotatable bonds is 7. The van der Waals surface area contributed by atoms with Crippen LogP contribution in [0.2, 0.25) is 0 Å². The van der Waals surface area contributed by atoms with Crippen LogP contribution in [0.4, 0.5) is 0 Å². The minimum Gasteiger partial charge on any atom is -0.488 e. The van der Waals surface area contributed by atoms with Crippen LogP contribution >= 0.6 is 0 Å². The number of hydrogen-bond donors (Lipinski definition) is 1. The zero-order chi connectivity index (χ0) is 23.5. The van der Waals surface area contributed by atoms with Crippen molar-refractivity contribution in [1.29, 1.82) is 5.53 Å². The molecule has 0 bridgehead atoms. The van der Waals surface area contributed by atoms with Gasteiger partial charge in [-0.25, -0.2) is 9.78 Å². The molecule has 174 valence electrons. The van der Waals surface area contributed by atoms with Crippen LogP contribution in [0.15, 0.2) is 57.7 Å². The van der Waals surface area contributed by atoms with Crippen molar-refractivity contribution in [3.63, 3.8) is 0 Å². The number of pyridine rings is 1. The smallest absolute Gasteiger partial charge is 0.351 e. The molecular weight excluding hydrogens is 440 g/mol. The van der Waals surface area contributed by atoms with Crippen LogP contribution in [-0.2, 0) is 13.0 Å². The van der Waals surface area contributed by atoms with Crippen molar-refractivity contribution in [2.24, 2.45) is 10.3 Å². The molecule has 1 atom stereocenters. The Hall–Kier alpha value is -4.28. The largest absolute Gasteiger partial charge is 0.488 e. The van der Waals surface area contributed by atoms with Crippen LogP contribution in [0.25, 0.3) is 11.3 Å². The summed E-state index contributed by atoms with van der Waals surface area (Å²) in [6, 6.07) is 11.0. The van der Waals surface area contributed by atoms with E-state index in [1.807, 2.05) is 18.2 Å². The monoisotopic (exact) mass is 462 g/mol. The number of aromatic nitrogens is 3. The predicted molar refractivity (Wildman–Crippen MR) is 121 cm³/mol. The Bertz CT molecular complexity index is 1320. The zero-order valence-corrected chi connectivity index (χ0v) is 18.4. The second-order valence-electron chi connectivity index (χ2n) is 7.88. The van der Waals surface area contributed by atoms with Crippen LogP contribution in [0.3, 0.4) is 0 Å². The topological polar surface area (TPSA) is 133 Å². The molecule has 0 radical (unpaired) electrons. The highest BCUT2D eigenvalue weighted by atomic mass is 16.6. The van der Waals surface area contributed by atoms with Crippen molar-refractivity contribution < 1.29 is 18.9 Å². The van der Waals surface area contributed by atoms with Gasteiger partial charge in [-0.3, -0.25) is 4.57 Å². The first-order valence-electron chi connectivity index (χ1n) is 10.8. The number of hydrogen-bond acceptors (Lipinski definition) is 9. The molecule has 0 fully saturated rings. The maximum atomic E-state index is 12.7. The third-order valence-electron chi connectivity index (χ3n) is 5.47. The Morgan fingerprint density at radius 3 is 3.09 bits per heavy atom. The normalized spacial score (nSPS) is 16.3. The average Bonchev–Trinajstić information content (AvgIpc) is 2.86. The molecule has 0 saturated heterocycles. The molecule has 4 heterocycles. The number of fused-ring (bicyclic) bond motifs is 4. The Kier molecular flexibility index (Phi) is 5.90. The molecule has 0 saturated carbocycles. The lowest BCUT2D eigenvalue weighted by Crippen LogP contribution is -2.35. The van der Waals surface area contributed by atoms with Crippen molar-refractivity contribution in [2.45, 2.75) is 26.0 Å². The molecule has 0 spiro atoms. The number of nitrogens with zero attached hydrogens (tertiary/aromatic N) is 5. The molecule has 3 aromatic rings. The van der Waals surface area contributed by atoms with Gasteiger partial charge in [0.05, 0.1) is 11.4 Å². The first-order valence-corrected chi connectivity index (χ1v) is 10.8. The summed E-state index contributed by atoms with van der Waals surface area (Å²) in [5.74, 6) is 1.93. The van der Waals surface area contributed by atoms with Crippen LogP contribution in [-0.4, -0.2) is 46.2 Å². The molecule has 34 heavy (non-hydrogen) atoms. The van der Waals surface area contributed by atoms with E-state index in [2.05, 4.69) is 20.3 Å². The number of nitrogens with one attached hydrogen (secondary N) is 1. The molecule has 11 heteroatoms. The fourth-order valence-electron chi connectivity index (χ4n) is 3.87. The maximum absolute atomic E-state index is 12.7. The van der Waals surface area contributed by atoms with Crippen molar-refractivity contribution >= 4 is 5.71 Å². The second-order valence-corrected chi connectivity index (χ2v) is 7.88. The first kappa shape index (κ1) is 21.6. The lowest BCUT2D eigenvalue weighted by Gasteiger charge is -2.26. The van der Waals surface area contributed by atoms with Gasteiger partial charge in [0.25, 0.3) is 5.88 Å². The summed E-state index contributed by atoms with van der Waals surface area (Å²) in [5.41, 5.74) is 9.74. The van der Waals surface area contributed by atoms with E-state index in [0.717, 1.165) is 16.8 Å². The van der Waals surface area contributed by atoms with E-state index in [0.29, 0.717) is 42.7 Å². The summed E-state index contributed by atoms with van der Waals surface area (Å²) in [6.45, 7) is 2.97. The molecule has 0 amide bonds. The van der Waals surface area contributed by atoms with Crippen molar-refractivity contribution in [1.82, 2.24) is 14.5 Å². The third-order valence-corrected chi connectivity index (χ3v) is 5.47. The van der Waals surface area contributed by atoms with Crippen molar-refractivity contribution in [3.05, 3.63) is 58.6 Å². The van der Waals surface area contributed by atoms with Gasteiger partial charge in [0.15, 0.2) is 11.9 Å².